The minimum Gasteiger partial charge on any atom is -0.481 e. The van der Waals surface area contributed by atoms with Gasteiger partial charge < -0.3 is 5.11 Å². The molecule has 1 N–H and O–H groups in total. The van der Waals surface area contributed by atoms with Gasteiger partial charge in [-0.05, 0) is 56.6 Å². The first-order chi connectivity index (χ1) is 12.1. The number of hydrogen-bond donors (Lipinski definition) is 1. The highest BCUT2D eigenvalue weighted by molar-refractivity contribution is 5.73. The summed E-state index contributed by atoms with van der Waals surface area (Å²) in [5.41, 5.74) is 4.34. The number of aliphatic carboxylic acids is 1. The standard InChI is InChI=1S/C20H23N3O2/c1-12-4-2-5-16(21-12)15-11-23(22-17(15)13-6-7-13)18-14(19(24)25)10-20(18)8-3-9-20/h2,4-5,11,13-14,18H,3,6-10H2,1H3,(H,24,25). The van der Waals surface area contributed by atoms with Crippen molar-refractivity contribution < 1.29 is 9.90 Å². The zero-order chi connectivity index (χ0) is 17.2. The smallest absolute Gasteiger partial charge is 0.308 e. The molecule has 2 heterocycles. The van der Waals surface area contributed by atoms with E-state index in [-0.39, 0.29) is 17.4 Å². The highest BCUT2D eigenvalue weighted by Crippen LogP contribution is 2.65. The van der Waals surface area contributed by atoms with Gasteiger partial charge in [-0.25, -0.2) is 0 Å². The molecule has 0 amide bonds. The molecule has 2 aromatic rings. The zero-order valence-electron chi connectivity index (χ0n) is 14.5. The number of aryl methyl sites for hydroxylation is 1. The maximum Gasteiger partial charge on any atom is 0.308 e. The third-order valence-corrected chi connectivity index (χ3v) is 6.48. The van der Waals surface area contributed by atoms with Crippen molar-refractivity contribution in [3.05, 3.63) is 35.8 Å². The topological polar surface area (TPSA) is 68.0 Å². The molecular weight excluding hydrogens is 314 g/mol. The van der Waals surface area contributed by atoms with E-state index in [2.05, 4.69) is 11.2 Å². The maximum atomic E-state index is 11.7. The first-order valence-corrected chi connectivity index (χ1v) is 9.33. The number of rotatable bonds is 4. The number of aromatic nitrogens is 3. The highest BCUT2D eigenvalue weighted by Gasteiger charge is 2.60. The number of pyridine rings is 1. The number of hydrogen-bond acceptors (Lipinski definition) is 3. The molecule has 1 spiro atoms. The molecule has 5 rings (SSSR count). The average molecular weight is 337 g/mol. The van der Waals surface area contributed by atoms with Gasteiger partial charge in [0.25, 0.3) is 0 Å². The first-order valence-electron chi connectivity index (χ1n) is 9.33. The summed E-state index contributed by atoms with van der Waals surface area (Å²) in [4.78, 5) is 16.4. The van der Waals surface area contributed by atoms with Crippen LogP contribution in [0, 0.1) is 18.3 Å². The van der Waals surface area contributed by atoms with Crippen molar-refractivity contribution in [3.8, 4) is 11.3 Å². The van der Waals surface area contributed by atoms with Crippen molar-refractivity contribution in [3.63, 3.8) is 0 Å². The molecule has 3 fully saturated rings. The van der Waals surface area contributed by atoms with Crippen LogP contribution in [-0.4, -0.2) is 25.8 Å². The van der Waals surface area contributed by atoms with Gasteiger partial charge in [0.15, 0.2) is 0 Å². The molecule has 0 saturated heterocycles. The van der Waals surface area contributed by atoms with Crippen LogP contribution in [0.1, 0.15) is 61.9 Å². The second-order valence-electron chi connectivity index (χ2n) is 8.16. The van der Waals surface area contributed by atoms with Crippen molar-refractivity contribution in [2.45, 2.75) is 57.4 Å². The number of nitrogens with zero attached hydrogens (tertiary/aromatic N) is 3. The Balaban J connectivity index is 1.58. The Morgan fingerprint density at radius 1 is 1.32 bits per heavy atom. The van der Waals surface area contributed by atoms with E-state index in [1.54, 1.807) is 0 Å². The summed E-state index contributed by atoms with van der Waals surface area (Å²) in [5.74, 6) is -0.467. The van der Waals surface area contributed by atoms with Crippen molar-refractivity contribution in [2.75, 3.05) is 0 Å². The van der Waals surface area contributed by atoms with E-state index < -0.39 is 5.97 Å². The van der Waals surface area contributed by atoms with Gasteiger partial charge in [0, 0.05) is 23.4 Å². The van der Waals surface area contributed by atoms with Crippen molar-refractivity contribution >= 4 is 5.97 Å². The van der Waals surface area contributed by atoms with Gasteiger partial charge in [0.1, 0.15) is 0 Å². The molecular formula is C20H23N3O2. The Kier molecular flexibility index (Phi) is 3.12. The summed E-state index contributed by atoms with van der Waals surface area (Å²) < 4.78 is 1.99. The van der Waals surface area contributed by atoms with E-state index >= 15 is 0 Å². The van der Waals surface area contributed by atoms with Gasteiger partial charge in [-0.2, -0.15) is 5.10 Å². The number of carboxylic acid groups (broad SMARTS) is 1. The molecule has 0 bridgehead atoms. The molecule has 0 aliphatic heterocycles. The van der Waals surface area contributed by atoms with Gasteiger partial charge in [0.05, 0.1) is 23.3 Å². The third-order valence-electron chi connectivity index (χ3n) is 6.48. The monoisotopic (exact) mass is 337 g/mol. The molecule has 3 aliphatic carbocycles. The minimum atomic E-state index is -0.679. The highest BCUT2D eigenvalue weighted by atomic mass is 16.4. The van der Waals surface area contributed by atoms with Gasteiger partial charge in [0.2, 0.25) is 0 Å². The quantitative estimate of drug-likeness (QED) is 0.917. The lowest BCUT2D eigenvalue weighted by atomic mass is 9.48. The molecule has 25 heavy (non-hydrogen) atoms. The van der Waals surface area contributed by atoms with E-state index in [1.807, 2.05) is 29.8 Å². The fourth-order valence-corrected chi connectivity index (χ4v) is 4.85. The summed E-state index contributed by atoms with van der Waals surface area (Å²) in [6.45, 7) is 2.00. The minimum absolute atomic E-state index is 0.00908. The summed E-state index contributed by atoms with van der Waals surface area (Å²) in [7, 11) is 0. The average Bonchev–Trinajstić information content (AvgIpc) is 3.25. The van der Waals surface area contributed by atoms with E-state index in [4.69, 9.17) is 5.10 Å². The van der Waals surface area contributed by atoms with Crippen LogP contribution in [0.5, 0.6) is 0 Å². The molecule has 3 saturated carbocycles. The van der Waals surface area contributed by atoms with E-state index in [0.29, 0.717) is 5.92 Å². The predicted molar refractivity (Wildman–Crippen MR) is 93.2 cm³/mol. The second kappa shape index (κ2) is 5.16. The Bertz CT molecular complexity index is 848. The largest absolute Gasteiger partial charge is 0.481 e. The second-order valence-corrected chi connectivity index (χ2v) is 8.16. The van der Waals surface area contributed by atoms with Crippen LogP contribution in [0.4, 0.5) is 0 Å². The van der Waals surface area contributed by atoms with Crippen LogP contribution in [0.15, 0.2) is 24.4 Å². The summed E-state index contributed by atoms with van der Waals surface area (Å²) in [6, 6.07) is 6.08. The normalized spacial score (nSPS) is 26.9. The van der Waals surface area contributed by atoms with Gasteiger partial charge in [-0.3, -0.25) is 14.5 Å². The van der Waals surface area contributed by atoms with Crippen LogP contribution >= 0.6 is 0 Å². The van der Waals surface area contributed by atoms with E-state index in [1.165, 1.54) is 19.3 Å². The van der Waals surface area contributed by atoms with E-state index in [9.17, 15) is 9.90 Å². The maximum absolute atomic E-state index is 11.7. The summed E-state index contributed by atoms with van der Waals surface area (Å²) in [6.07, 6.45) is 8.73. The predicted octanol–water partition coefficient (Wildman–Crippen LogP) is 3.95. The molecule has 0 radical (unpaired) electrons. The van der Waals surface area contributed by atoms with Crippen LogP contribution in [0.2, 0.25) is 0 Å². The fraction of sp³-hybridized carbons (Fsp3) is 0.550. The third kappa shape index (κ3) is 2.25. The molecule has 2 aromatic heterocycles. The lowest BCUT2D eigenvalue weighted by molar-refractivity contribution is -0.167. The first kappa shape index (κ1) is 15.1. The molecule has 2 atom stereocenters. The Morgan fingerprint density at radius 3 is 2.72 bits per heavy atom. The molecule has 130 valence electrons. The zero-order valence-corrected chi connectivity index (χ0v) is 14.5. The SMILES string of the molecule is Cc1cccc(-c2cn(C3C(C(=O)O)CC34CCC4)nc2C2CC2)n1. The van der Waals surface area contributed by atoms with Crippen LogP contribution in [-0.2, 0) is 4.79 Å². The Hall–Kier alpha value is -2.17. The van der Waals surface area contributed by atoms with Crippen LogP contribution in [0.25, 0.3) is 11.3 Å². The molecule has 3 aliphatic rings. The van der Waals surface area contributed by atoms with Gasteiger partial charge in [-0.15, -0.1) is 0 Å². The van der Waals surface area contributed by atoms with Crippen LogP contribution < -0.4 is 0 Å². The molecule has 5 nitrogen and oxygen atoms in total. The lowest BCUT2D eigenvalue weighted by Crippen LogP contribution is -2.55. The molecule has 2 unspecified atom stereocenters. The lowest BCUT2D eigenvalue weighted by Gasteiger charge is -2.58. The molecule has 5 heteroatoms. The Labute approximate surface area is 147 Å². The van der Waals surface area contributed by atoms with Crippen molar-refractivity contribution in [2.24, 2.45) is 11.3 Å². The number of carbonyl (C=O) groups is 1. The van der Waals surface area contributed by atoms with Gasteiger partial charge in [-0.1, -0.05) is 12.5 Å². The van der Waals surface area contributed by atoms with Crippen molar-refractivity contribution in [1.82, 2.24) is 14.8 Å². The summed E-state index contributed by atoms with van der Waals surface area (Å²) in [5, 5.41) is 14.5. The fourth-order valence-electron chi connectivity index (χ4n) is 4.85. The van der Waals surface area contributed by atoms with Crippen LogP contribution in [0.3, 0.4) is 0 Å². The van der Waals surface area contributed by atoms with Crippen molar-refractivity contribution in [1.29, 1.82) is 0 Å². The summed E-state index contributed by atoms with van der Waals surface area (Å²) >= 11 is 0. The Morgan fingerprint density at radius 2 is 2.12 bits per heavy atom. The van der Waals surface area contributed by atoms with Gasteiger partial charge >= 0.3 is 5.97 Å². The van der Waals surface area contributed by atoms with E-state index in [0.717, 1.165) is 41.9 Å². The number of carboxylic acids is 1. The molecule has 0 aromatic carbocycles.